The first-order valence-corrected chi connectivity index (χ1v) is 16.1. The first-order chi connectivity index (χ1) is 22.3. The van der Waals surface area contributed by atoms with E-state index in [2.05, 4.69) is 16.5 Å². The van der Waals surface area contributed by atoms with E-state index in [4.69, 9.17) is 45.3 Å². The van der Waals surface area contributed by atoms with Gasteiger partial charge in [-0.1, -0.05) is 55.2 Å². The molecule has 0 radical (unpaired) electrons. The number of ether oxygens (including phenoxy) is 1. The fourth-order valence-electron chi connectivity index (χ4n) is 6.54. The molecule has 4 aromatic rings. The number of amides is 1. The number of carbonyl (C=O) groups excluding carboxylic acids is 1. The van der Waals surface area contributed by atoms with Crippen LogP contribution in [0.25, 0.3) is 27.7 Å². The number of rotatable bonds is 4. The van der Waals surface area contributed by atoms with Gasteiger partial charge in [-0.05, 0) is 43.5 Å². The molecule has 2 aliphatic heterocycles. The molecular formula is C33H31Cl3F2N6O3. The molecule has 2 aromatic carbocycles. The highest BCUT2D eigenvalue weighted by molar-refractivity contribution is 6.39. The van der Waals surface area contributed by atoms with Gasteiger partial charge in [0.2, 0.25) is 5.91 Å². The van der Waals surface area contributed by atoms with Crippen LogP contribution >= 0.6 is 34.8 Å². The molecule has 14 heteroatoms. The summed E-state index contributed by atoms with van der Waals surface area (Å²) in [5.74, 6) is -2.43. The van der Waals surface area contributed by atoms with Gasteiger partial charge in [-0.3, -0.25) is 14.3 Å². The maximum atomic E-state index is 17.6. The van der Waals surface area contributed by atoms with Crippen molar-refractivity contribution in [2.75, 3.05) is 30.3 Å². The van der Waals surface area contributed by atoms with Crippen molar-refractivity contribution in [2.45, 2.75) is 52.1 Å². The van der Waals surface area contributed by atoms with Gasteiger partial charge in [0.1, 0.15) is 11.3 Å². The number of nitrogens with zero attached hydrogens (tertiary/aromatic N) is 5. The van der Waals surface area contributed by atoms with Crippen LogP contribution in [0, 0.1) is 18.6 Å². The molecule has 47 heavy (non-hydrogen) atoms. The number of piperazine rings is 1. The Morgan fingerprint density at radius 2 is 1.89 bits per heavy atom. The molecule has 6 rings (SSSR count). The third-order valence-corrected chi connectivity index (χ3v) is 9.75. The largest absolute Gasteiger partial charge is 0.491 e. The summed E-state index contributed by atoms with van der Waals surface area (Å²) in [5.41, 5.74) is 5.37. The Balaban J connectivity index is 1.80. The fourth-order valence-corrected chi connectivity index (χ4v) is 7.33. The van der Waals surface area contributed by atoms with Gasteiger partial charge < -0.3 is 20.3 Å². The fraction of sp³-hybridized carbons (Fsp3) is 0.333. The average Bonchev–Trinajstić information content (AvgIpc) is 3.02. The lowest BCUT2D eigenvalue weighted by Crippen LogP contribution is -2.60. The number of anilines is 2. The summed E-state index contributed by atoms with van der Waals surface area (Å²) in [4.78, 5) is 39.6. The molecule has 0 bridgehead atoms. The van der Waals surface area contributed by atoms with Gasteiger partial charge in [0.15, 0.2) is 17.4 Å². The van der Waals surface area contributed by atoms with Crippen LogP contribution in [0.1, 0.15) is 44.4 Å². The summed E-state index contributed by atoms with van der Waals surface area (Å²) in [6.07, 6.45) is 3.25. The van der Waals surface area contributed by atoms with E-state index in [0.717, 1.165) is 10.6 Å². The van der Waals surface area contributed by atoms with E-state index < -0.39 is 33.5 Å². The van der Waals surface area contributed by atoms with Crippen LogP contribution in [-0.4, -0.2) is 57.1 Å². The number of carbonyl (C=O) groups is 1. The van der Waals surface area contributed by atoms with E-state index in [-0.39, 0.29) is 81.8 Å². The summed E-state index contributed by atoms with van der Waals surface area (Å²) in [7, 11) is 0. The van der Waals surface area contributed by atoms with Crippen LogP contribution in [0.15, 0.2) is 35.8 Å². The first kappa shape index (κ1) is 33.0. The van der Waals surface area contributed by atoms with E-state index in [0.29, 0.717) is 23.4 Å². The molecule has 0 saturated carbocycles. The normalized spacial score (nSPS) is 17.7. The molecule has 0 aliphatic carbocycles. The maximum Gasteiger partial charge on any atom is 0.354 e. The van der Waals surface area contributed by atoms with E-state index in [1.807, 2.05) is 25.7 Å². The Hall–Kier alpha value is -3.93. The van der Waals surface area contributed by atoms with Crippen LogP contribution in [0.4, 0.5) is 20.3 Å². The number of fused-ring (bicyclic) bond motifs is 2. The summed E-state index contributed by atoms with van der Waals surface area (Å²) in [5, 5.41) is -0.722. The highest BCUT2D eigenvalue weighted by Gasteiger charge is 2.39. The number of benzene rings is 2. The molecule has 1 fully saturated rings. The molecule has 1 saturated heterocycles. The molecule has 2 N–H and O–H groups in total. The minimum absolute atomic E-state index is 0.0208. The Bertz CT molecular complexity index is 2030. The third kappa shape index (κ3) is 5.19. The molecule has 2 aliphatic rings. The number of nitrogens with two attached hydrogens (primary N) is 1. The summed E-state index contributed by atoms with van der Waals surface area (Å²) < 4.78 is 40.8. The van der Waals surface area contributed by atoms with Crippen molar-refractivity contribution in [3.05, 3.63) is 79.4 Å². The van der Waals surface area contributed by atoms with Gasteiger partial charge in [-0.2, -0.15) is 4.98 Å². The van der Waals surface area contributed by atoms with Gasteiger partial charge in [0.25, 0.3) is 0 Å². The van der Waals surface area contributed by atoms with Crippen LogP contribution in [0.2, 0.25) is 15.1 Å². The lowest BCUT2D eigenvalue weighted by Gasteiger charge is -2.46. The summed E-state index contributed by atoms with van der Waals surface area (Å²) >= 11 is 19.4. The standard InChI is InChI=1S/C33H31Cl3F2N6O3/c1-6-20(45)42-13-17-8-10-47-31-23-30(26(38)21(24(31)36)22-25(37)18(34)11-19(35)27(22)39)44(29-15(4)7-9-40-28(29)14(2)3)33(46)41-32(23)43(17)12-16(42)5/h6-7,9,11,14,16-17H,1,8,10,12-13,39H2,2-5H3. The van der Waals surface area contributed by atoms with E-state index in [1.165, 1.54) is 6.08 Å². The van der Waals surface area contributed by atoms with Gasteiger partial charge >= 0.3 is 5.69 Å². The zero-order valence-electron chi connectivity index (χ0n) is 26.0. The highest BCUT2D eigenvalue weighted by Crippen LogP contribution is 2.51. The number of pyridine rings is 1. The Labute approximate surface area is 284 Å². The van der Waals surface area contributed by atoms with Gasteiger partial charge in [-0.25, -0.2) is 13.6 Å². The minimum atomic E-state index is -1.06. The lowest BCUT2D eigenvalue weighted by atomic mass is 9.97. The van der Waals surface area contributed by atoms with E-state index >= 15 is 8.78 Å². The van der Waals surface area contributed by atoms with Crippen molar-refractivity contribution in [1.29, 1.82) is 0 Å². The predicted octanol–water partition coefficient (Wildman–Crippen LogP) is 7.07. The highest BCUT2D eigenvalue weighted by atomic mass is 35.5. The zero-order chi connectivity index (χ0) is 34.1. The van der Waals surface area contributed by atoms with Crippen molar-refractivity contribution in [3.63, 3.8) is 0 Å². The van der Waals surface area contributed by atoms with Crippen molar-refractivity contribution < 1.29 is 18.3 Å². The van der Waals surface area contributed by atoms with E-state index in [1.54, 1.807) is 24.1 Å². The first-order valence-electron chi connectivity index (χ1n) is 15.0. The third-order valence-electron chi connectivity index (χ3n) is 8.80. The number of hydrogen-bond acceptors (Lipinski definition) is 7. The second kappa shape index (κ2) is 12.3. The molecular weight excluding hydrogens is 673 g/mol. The number of aromatic nitrogens is 3. The van der Waals surface area contributed by atoms with Crippen molar-refractivity contribution in [3.8, 4) is 22.6 Å². The van der Waals surface area contributed by atoms with Crippen LogP contribution in [0.5, 0.6) is 5.75 Å². The monoisotopic (exact) mass is 702 g/mol. The van der Waals surface area contributed by atoms with Gasteiger partial charge in [-0.15, -0.1) is 0 Å². The molecule has 2 atom stereocenters. The molecule has 0 spiro atoms. The van der Waals surface area contributed by atoms with Crippen LogP contribution < -0.4 is 21.1 Å². The summed E-state index contributed by atoms with van der Waals surface area (Å²) in [6.45, 7) is 11.7. The Morgan fingerprint density at radius 1 is 1.17 bits per heavy atom. The van der Waals surface area contributed by atoms with Gasteiger partial charge in [0.05, 0.1) is 50.2 Å². The smallest absolute Gasteiger partial charge is 0.354 e. The number of nitrogen functional groups attached to an aromatic ring is 1. The van der Waals surface area contributed by atoms with Crippen LogP contribution in [-0.2, 0) is 4.79 Å². The summed E-state index contributed by atoms with van der Waals surface area (Å²) in [6, 6.07) is 2.16. The molecule has 4 heterocycles. The van der Waals surface area contributed by atoms with Crippen molar-refractivity contribution >= 4 is 63.1 Å². The zero-order valence-corrected chi connectivity index (χ0v) is 28.3. The number of halogens is 5. The van der Waals surface area contributed by atoms with Crippen LogP contribution in [0.3, 0.4) is 0 Å². The second-order valence-corrected chi connectivity index (χ2v) is 13.2. The molecule has 2 aromatic heterocycles. The lowest BCUT2D eigenvalue weighted by molar-refractivity contribution is -0.129. The maximum absolute atomic E-state index is 17.6. The average molecular weight is 704 g/mol. The quantitative estimate of drug-likeness (QED) is 0.138. The molecule has 9 nitrogen and oxygen atoms in total. The second-order valence-electron chi connectivity index (χ2n) is 12.1. The van der Waals surface area contributed by atoms with E-state index in [9.17, 15) is 9.59 Å². The molecule has 1 amide bonds. The predicted molar refractivity (Wildman–Crippen MR) is 181 cm³/mol. The number of hydrogen-bond donors (Lipinski definition) is 1. The van der Waals surface area contributed by atoms with Crippen molar-refractivity contribution in [2.24, 2.45) is 0 Å². The Morgan fingerprint density at radius 3 is 2.57 bits per heavy atom. The Kier molecular flexibility index (Phi) is 8.61. The van der Waals surface area contributed by atoms with Crippen molar-refractivity contribution in [1.82, 2.24) is 19.4 Å². The van der Waals surface area contributed by atoms with Gasteiger partial charge in [0, 0.05) is 42.9 Å². The topological polar surface area (TPSA) is 107 Å². The minimum Gasteiger partial charge on any atom is -0.491 e. The SMILES string of the molecule is C=CC(=O)N1CC2CCOc3c(Cl)c(-c4c(N)c(Cl)cc(Cl)c4F)c(F)c4c3c(nc(=O)n4-c3c(C)ccnc3C(C)C)N2CC1C. The molecule has 246 valence electrons. The molecule has 2 unspecified atom stereocenters. The number of aryl methyl sites for hydroxylation is 1.